The minimum atomic E-state index is -1.92. The Labute approximate surface area is 236 Å². The number of rotatable bonds is 6. The number of carbonyl (C=O) groups is 2. The van der Waals surface area contributed by atoms with Crippen molar-refractivity contribution in [3.63, 3.8) is 0 Å². The highest BCUT2D eigenvalue weighted by Crippen LogP contribution is 2.56. The Balaban J connectivity index is 1.21. The van der Waals surface area contributed by atoms with E-state index >= 15 is 8.78 Å². The average molecular weight is 557 g/mol. The lowest BCUT2D eigenvalue weighted by Gasteiger charge is -2.35. The fourth-order valence-corrected chi connectivity index (χ4v) is 6.16. The third kappa shape index (κ3) is 4.29. The summed E-state index contributed by atoms with van der Waals surface area (Å²) in [5.74, 6) is -2.04. The highest BCUT2D eigenvalue weighted by atomic mass is 19.1. The Bertz CT molecular complexity index is 1710. The van der Waals surface area contributed by atoms with Gasteiger partial charge in [-0.25, -0.2) is 18.3 Å². The topological polar surface area (TPSA) is 76.8 Å². The summed E-state index contributed by atoms with van der Waals surface area (Å²) in [5.41, 5.74) is 2.84. The molecule has 1 amide bonds. The second-order valence-corrected chi connectivity index (χ2v) is 11.3. The molecule has 2 aliphatic carbocycles. The molecule has 7 nitrogen and oxygen atoms in total. The summed E-state index contributed by atoms with van der Waals surface area (Å²) < 4.78 is 37.4. The van der Waals surface area contributed by atoms with E-state index in [0.29, 0.717) is 23.6 Å². The van der Waals surface area contributed by atoms with Crippen LogP contribution in [0.15, 0.2) is 54.6 Å². The predicted molar refractivity (Wildman–Crippen MR) is 147 cm³/mol. The Kier molecular flexibility index (Phi) is 5.96. The van der Waals surface area contributed by atoms with Gasteiger partial charge in [-0.15, -0.1) is 0 Å². The molecule has 0 unspecified atom stereocenters. The van der Waals surface area contributed by atoms with E-state index in [2.05, 4.69) is 22.2 Å². The molecule has 0 saturated heterocycles. The highest BCUT2D eigenvalue weighted by Gasteiger charge is 2.62. The predicted octanol–water partition coefficient (Wildman–Crippen LogP) is 5.92. The Hall–Kier alpha value is -4.14. The molecule has 9 heteroatoms. The quantitative estimate of drug-likeness (QED) is 0.276. The maximum Gasteiger partial charge on any atom is 0.312 e. The number of nitrogens with zero attached hydrogens (tertiary/aromatic N) is 4. The zero-order valence-corrected chi connectivity index (χ0v) is 22.9. The van der Waals surface area contributed by atoms with Crippen LogP contribution in [0.1, 0.15) is 77.9 Å². The van der Waals surface area contributed by atoms with Gasteiger partial charge in [-0.1, -0.05) is 30.3 Å². The van der Waals surface area contributed by atoms with Crippen LogP contribution in [0.4, 0.5) is 8.78 Å². The second-order valence-electron chi connectivity index (χ2n) is 11.3. The number of amides is 1. The van der Waals surface area contributed by atoms with Crippen molar-refractivity contribution < 1.29 is 23.1 Å². The summed E-state index contributed by atoms with van der Waals surface area (Å²) in [5, 5.41) is 4.66. The number of hydrogen-bond acceptors (Lipinski definition) is 5. The smallest absolute Gasteiger partial charge is 0.312 e. The largest absolute Gasteiger partial charge is 0.466 e. The zero-order valence-electron chi connectivity index (χ0n) is 22.9. The Morgan fingerprint density at radius 1 is 1.12 bits per heavy atom. The van der Waals surface area contributed by atoms with Crippen LogP contribution in [0, 0.1) is 11.7 Å². The standard InChI is InChI=1S/C32H30F2N4O3/c1-3-41-31(40)24-17-32(24,34)21-10-11-23(25(33)14-21)26-16-29-35-27(15-28(20-8-9-20)38(29)36-26)30(39)37-13-12-19-6-4-5-7-22(19)18(37)2/h4-7,10-11,14-16,18,20,24H,3,8-9,12-13,17H2,1-2H3/t18-,24+,32+/m1/s1. The lowest BCUT2D eigenvalue weighted by Crippen LogP contribution is -2.39. The summed E-state index contributed by atoms with van der Waals surface area (Å²) in [6.07, 6.45) is 2.74. The number of carbonyl (C=O) groups excluding carboxylic acids is 2. The summed E-state index contributed by atoms with van der Waals surface area (Å²) >= 11 is 0. The van der Waals surface area contributed by atoms with Crippen LogP contribution in [0.5, 0.6) is 0 Å². The second kappa shape index (κ2) is 9.46. The molecule has 2 aromatic carbocycles. The van der Waals surface area contributed by atoms with Crippen LogP contribution in [0.2, 0.25) is 0 Å². The Morgan fingerprint density at radius 3 is 2.68 bits per heavy atom. The monoisotopic (exact) mass is 556 g/mol. The van der Waals surface area contributed by atoms with Crippen LogP contribution in [0.25, 0.3) is 16.9 Å². The van der Waals surface area contributed by atoms with Gasteiger partial charge < -0.3 is 9.64 Å². The highest BCUT2D eigenvalue weighted by molar-refractivity contribution is 5.93. The minimum absolute atomic E-state index is 0.0221. The van der Waals surface area contributed by atoms with Crippen LogP contribution in [-0.4, -0.2) is 44.5 Å². The number of alkyl halides is 1. The number of hydrogen-bond donors (Lipinski definition) is 0. The maximum absolute atomic E-state index is 15.4. The van der Waals surface area contributed by atoms with Crippen molar-refractivity contribution in [1.82, 2.24) is 19.5 Å². The van der Waals surface area contributed by atoms with Crippen LogP contribution >= 0.6 is 0 Å². The zero-order chi connectivity index (χ0) is 28.5. The van der Waals surface area contributed by atoms with Crippen molar-refractivity contribution >= 4 is 17.5 Å². The number of halogens is 2. The van der Waals surface area contributed by atoms with E-state index in [1.807, 2.05) is 30.0 Å². The van der Waals surface area contributed by atoms with Crippen LogP contribution < -0.4 is 0 Å². The van der Waals surface area contributed by atoms with Crippen LogP contribution in [-0.2, 0) is 21.6 Å². The first-order valence-corrected chi connectivity index (χ1v) is 14.2. The summed E-state index contributed by atoms with van der Waals surface area (Å²) in [7, 11) is 0. The van der Waals surface area contributed by atoms with Gasteiger partial charge >= 0.3 is 5.97 Å². The lowest BCUT2D eigenvalue weighted by atomic mass is 9.93. The molecule has 0 radical (unpaired) electrons. The molecule has 3 heterocycles. The van der Waals surface area contributed by atoms with Crippen molar-refractivity contribution in [3.8, 4) is 11.3 Å². The fourth-order valence-electron chi connectivity index (χ4n) is 6.16. The maximum atomic E-state index is 15.4. The van der Waals surface area contributed by atoms with E-state index in [-0.39, 0.29) is 42.0 Å². The minimum Gasteiger partial charge on any atom is -0.466 e. The number of aromatic nitrogens is 3. The van der Waals surface area contributed by atoms with Crippen molar-refractivity contribution in [2.45, 2.75) is 57.2 Å². The third-order valence-corrected chi connectivity index (χ3v) is 8.71. The number of esters is 1. The molecular formula is C32H30F2N4O3. The first-order chi connectivity index (χ1) is 19.8. The van der Waals surface area contributed by atoms with Gasteiger partial charge in [-0.2, -0.15) is 5.10 Å². The molecule has 0 spiro atoms. The summed E-state index contributed by atoms with van der Waals surface area (Å²) in [6, 6.07) is 15.7. The van der Waals surface area contributed by atoms with Gasteiger partial charge in [-0.05, 0) is 68.0 Å². The molecule has 3 atom stereocenters. The van der Waals surface area contributed by atoms with Crippen molar-refractivity contribution in [2.24, 2.45) is 5.92 Å². The molecule has 41 heavy (non-hydrogen) atoms. The fraction of sp³-hybridized carbons (Fsp3) is 0.375. The van der Waals surface area contributed by atoms with Gasteiger partial charge in [0, 0.05) is 36.2 Å². The van der Waals surface area contributed by atoms with Crippen molar-refractivity contribution in [2.75, 3.05) is 13.2 Å². The summed E-state index contributed by atoms with van der Waals surface area (Å²) in [4.78, 5) is 32.3. The Morgan fingerprint density at radius 2 is 1.93 bits per heavy atom. The van der Waals surface area contributed by atoms with E-state index in [9.17, 15) is 9.59 Å². The van der Waals surface area contributed by atoms with Gasteiger partial charge in [0.2, 0.25) is 0 Å². The molecular weight excluding hydrogens is 526 g/mol. The molecule has 7 rings (SSSR count). The number of benzene rings is 2. The van der Waals surface area contributed by atoms with Gasteiger partial charge in [0.25, 0.3) is 5.91 Å². The van der Waals surface area contributed by atoms with E-state index < -0.39 is 23.4 Å². The molecule has 1 aliphatic heterocycles. The first kappa shape index (κ1) is 25.8. The molecule has 3 aliphatic rings. The molecule has 2 saturated carbocycles. The lowest BCUT2D eigenvalue weighted by molar-refractivity contribution is -0.145. The SMILES string of the molecule is CCOC(=O)[C@@H]1C[C@]1(F)c1ccc(-c2cc3nc(C(=O)N4CCc5ccccc5[C@H]4C)cc(C4CC4)n3n2)c(F)c1. The van der Waals surface area contributed by atoms with Crippen molar-refractivity contribution in [3.05, 3.63) is 88.5 Å². The number of fused-ring (bicyclic) bond motifs is 2. The third-order valence-electron chi connectivity index (χ3n) is 8.71. The van der Waals surface area contributed by atoms with Gasteiger partial charge in [0.1, 0.15) is 17.2 Å². The van der Waals surface area contributed by atoms with E-state index in [0.717, 1.165) is 36.6 Å². The average Bonchev–Trinajstić information content (AvgIpc) is 3.89. The molecule has 4 aromatic rings. The molecule has 0 bridgehead atoms. The molecule has 0 N–H and O–H groups in total. The summed E-state index contributed by atoms with van der Waals surface area (Å²) in [6.45, 7) is 4.48. The van der Waals surface area contributed by atoms with E-state index in [1.165, 1.54) is 17.7 Å². The van der Waals surface area contributed by atoms with Crippen LogP contribution in [0.3, 0.4) is 0 Å². The van der Waals surface area contributed by atoms with Gasteiger partial charge in [-0.3, -0.25) is 9.59 Å². The van der Waals surface area contributed by atoms with Crippen molar-refractivity contribution in [1.29, 1.82) is 0 Å². The van der Waals surface area contributed by atoms with E-state index in [4.69, 9.17) is 4.74 Å². The van der Waals surface area contributed by atoms with Gasteiger partial charge in [0.15, 0.2) is 5.65 Å². The number of ether oxygens (including phenoxy) is 1. The van der Waals surface area contributed by atoms with E-state index in [1.54, 1.807) is 17.5 Å². The molecule has 210 valence electrons. The first-order valence-electron chi connectivity index (χ1n) is 14.2. The van der Waals surface area contributed by atoms with Gasteiger partial charge in [0.05, 0.1) is 24.3 Å². The molecule has 2 aromatic heterocycles. The molecule has 2 fully saturated rings. The normalized spacial score (nSPS) is 23.4.